The minimum Gasteiger partial charge on any atom is -0.478 e. The number of esters is 1. The van der Waals surface area contributed by atoms with Gasteiger partial charge >= 0.3 is 11.9 Å². The number of aliphatic carboxylic acids is 1. The van der Waals surface area contributed by atoms with Crippen LogP contribution in [0.15, 0.2) is 11.8 Å². The molecular weight excluding hydrogens is 388 g/mol. The van der Waals surface area contributed by atoms with Crippen molar-refractivity contribution in [3.05, 3.63) is 11.8 Å². The Morgan fingerprint density at radius 1 is 1.43 bits per heavy atom. The Labute approximate surface area is 169 Å². The number of aliphatic hydroxyl groups excluding tert-OH is 2. The van der Waals surface area contributed by atoms with Crippen molar-refractivity contribution in [2.24, 2.45) is 5.92 Å². The molecule has 0 amide bonds. The van der Waals surface area contributed by atoms with Crippen molar-refractivity contribution < 1.29 is 34.4 Å². The number of thiocarbonyl (C=S) groups is 1. The Bertz CT molecular complexity index is 611. The lowest BCUT2D eigenvalue weighted by Gasteiger charge is -2.39. The minimum absolute atomic E-state index is 0.215. The van der Waals surface area contributed by atoms with Crippen LogP contribution in [-0.4, -0.2) is 69.4 Å². The molecule has 0 saturated carbocycles. The smallest absolute Gasteiger partial charge is 0.370 e. The zero-order valence-corrected chi connectivity index (χ0v) is 16.8. The molecule has 0 aliphatic carbocycles. The zero-order chi connectivity index (χ0) is 21.3. The summed E-state index contributed by atoms with van der Waals surface area (Å²) >= 11 is 5.01. The molecule has 0 spiro atoms. The fourth-order valence-electron chi connectivity index (χ4n) is 2.81. The molecule has 0 fully saturated rings. The van der Waals surface area contributed by atoms with Gasteiger partial charge in [-0.25, -0.2) is 4.79 Å². The predicted molar refractivity (Wildman–Crippen MR) is 105 cm³/mol. The highest BCUT2D eigenvalue weighted by Crippen LogP contribution is 2.26. The number of unbranched alkanes of at least 4 members (excludes halogenated alkanes) is 2. The summed E-state index contributed by atoms with van der Waals surface area (Å²) in [7, 11) is 0. The van der Waals surface area contributed by atoms with Crippen molar-refractivity contribution >= 4 is 35.4 Å². The number of rotatable bonds is 11. The molecule has 1 heterocycles. The summed E-state index contributed by atoms with van der Waals surface area (Å²) in [6, 6.07) is -0.775. The van der Waals surface area contributed by atoms with Crippen molar-refractivity contribution in [1.82, 2.24) is 5.32 Å². The van der Waals surface area contributed by atoms with E-state index < -0.39 is 54.6 Å². The zero-order valence-electron chi connectivity index (χ0n) is 16.0. The van der Waals surface area contributed by atoms with E-state index in [0.29, 0.717) is 11.4 Å². The summed E-state index contributed by atoms with van der Waals surface area (Å²) in [6.45, 7) is 3.13. The first-order valence-electron chi connectivity index (χ1n) is 9.12. The molecule has 5 N–H and O–H groups in total. The molecule has 0 aromatic carbocycles. The molecule has 10 heteroatoms. The highest BCUT2D eigenvalue weighted by atomic mass is 32.1. The highest BCUT2D eigenvalue weighted by Gasteiger charge is 2.42. The molecule has 5 atom stereocenters. The van der Waals surface area contributed by atoms with E-state index >= 15 is 0 Å². The van der Waals surface area contributed by atoms with E-state index in [1.807, 2.05) is 6.92 Å². The van der Waals surface area contributed by atoms with Crippen LogP contribution in [0.3, 0.4) is 0 Å². The van der Waals surface area contributed by atoms with Crippen LogP contribution in [0.5, 0.6) is 0 Å². The number of hydrogen-bond acceptors (Lipinski definition) is 8. The van der Waals surface area contributed by atoms with E-state index in [1.165, 1.54) is 6.08 Å². The fraction of sp³-hybridized carbons (Fsp3) is 0.667. The van der Waals surface area contributed by atoms with Gasteiger partial charge in [-0.15, -0.1) is 0 Å². The number of carbonyl (C=O) groups excluding carboxylic acids is 1. The normalized spacial score (nSPS) is 23.6. The molecule has 1 aliphatic rings. The van der Waals surface area contributed by atoms with E-state index in [-0.39, 0.29) is 6.42 Å². The van der Waals surface area contributed by atoms with E-state index in [9.17, 15) is 24.9 Å². The molecule has 28 heavy (non-hydrogen) atoms. The predicted octanol–water partition coefficient (Wildman–Crippen LogP) is 0.770. The van der Waals surface area contributed by atoms with E-state index in [1.54, 1.807) is 6.92 Å². The second-order valence-electron chi connectivity index (χ2n) is 6.59. The number of carbonyl (C=O) groups is 2. The van der Waals surface area contributed by atoms with Crippen LogP contribution >= 0.6 is 12.2 Å². The topological polar surface area (TPSA) is 149 Å². The molecule has 1 rings (SSSR count). The molecular formula is C18H28N2O7S. The summed E-state index contributed by atoms with van der Waals surface area (Å²) < 4.78 is 10.3. The van der Waals surface area contributed by atoms with Gasteiger partial charge in [-0.2, -0.15) is 0 Å². The first-order chi connectivity index (χ1) is 13.2. The van der Waals surface area contributed by atoms with E-state index in [4.69, 9.17) is 27.1 Å². The summed E-state index contributed by atoms with van der Waals surface area (Å²) in [6.07, 6.45) is 0.644. The summed E-state index contributed by atoms with van der Waals surface area (Å²) in [4.78, 5) is 23.3. The van der Waals surface area contributed by atoms with Crippen LogP contribution in [0, 0.1) is 11.3 Å². The van der Waals surface area contributed by atoms with E-state index in [0.717, 1.165) is 19.1 Å². The Hall–Kier alpha value is -2.04. The van der Waals surface area contributed by atoms with Gasteiger partial charge in [0.1, 0.15) is 24.9 Å². The van der Waals surface area contributed by atoms with Crippen LogP contribution in [0.2, 0.25) is 0 Å². The number of aliphatic hydroxyl groups is 2. The Balaban J connectivity index is 2.84. The lowest BCUT2D eigenvalue weighted by molar-refractivity contribution is -0.155. The number of nitrogens with one attached hydrogen (secondary N) is 2. The lowest BCUT2D eigenvalue weighted by Crippen LogP contribution is -2.58. The van der Waals surface area contributed by atoms with Gasteiger partial charge in [0.2, 0.25) is 5.76 Å². The molecule has 0 saturated heterocycles. The van der Waals surface area contributed by atoms with Crippen molar-refractivity contribution in [2.75, 3.05) is 6.61 Å². The van der Waals surface area contributed by atoms with E-state index in [2.05, 4.69) is 5.32 Å². The molecule has 5 unspecified atom stereocenters. The molecule has 9 nitrogen and oxygen atoms in total. The van der Waals surface area contributed by atoms with Crippen LogP contribution < -0.4 is 5.32 Å². The fourth-order valence-corrected chi connectivity index (χ4v) is 2.95. The SMILES string of the molecule is CCCCCC(=O)OCC(O)C(O)C1OC(C(=O)O)=CC(C=N)C1NC(C)=S. The molecule has 158 valence electrons. The van der Waals surface area contributed by atoms with Crippen LogP contribution in [-0.2, 0) is 19.1 Å². The van der Waals surface area contributed by atoms with Gasteiger partial charge in [0, 0.05) is 18.6 Å². The third-order valence-electron chi connectivity index (χ3n) is 4.28. The van der Waals surface area contributed by atoms with Crippen molar-refractivity contribution in [3.8, 4) is 0 Å². The van der Waals surface area contributed by atoms with Gasteiger partial charge < -0.3 is 35.5 Å². The van der Waals surface area contributed by atoms with Crippen molar-refractivity contribution in [3.63, 3.8) is 0 Å². The first kappa shape index (κ1) is 24.0. The number of carboxylic acid groups (broad SMARTS) is 1. The average molecular weight is 416 g/mol. The lowest BCUT2D eigenvalue weighted by atomic mass is 9.88. The molecule has 0 bridgehead atoms. The van der Waals surface area contributed by atoms with Gasteiger partial charge in [-0.1, -0.05) is 32.0 Å². The summed E-state index contributed by atoms with van der Waals surface area (Å²) in [5.74, 6) is -3.03. The van der Waals surface area contributed by atoms with Gasteiger partial charge in [0.05, 0.1) is 11.0 Å². The van der Waals surface area contributed by atoms with Crippen LogP contribution in [0.25, 0.3) is 0 Å². The maximum atomic E-state index is 11.7. The molecule has 0 radical (unpaired) electrons. The second-order valence-corrected chi connectivity index (χ2v) is 7.20. The standard InChI is InChI=1S/C18H28N2O7S/c1-3-4-5-6-14(22)26-9-12(21)16(23)17-15(20-10(2)28)11(8-19)7-13(27-17)18(24)25/h7-8,11-12,15-17,19,21,23H,3-6,9H2,1-2H3,(H,20,28)(H,24,25). The Kier molecular flexibility index (Phi) is 10.0. The second kappa shape index (κ2) is 11.7. The Morgan fingerprint density at radius 3 is 2.64 bits per heavy atom. The number of hydrogen-bond donors (Lipinski definition) is 5. The average Bonchev–Trinajstić information content (AvgIpc) is 2.65. The third-order valence-corrected chi connectivity index (χ3v) is 4.40. The van der Waals surface area contributed by atoms with Gasteiger partial charge in [0.15, 0.2) is 0 Å². The molecule has 1 aliphatic heterocycles. The minimum atomic E-state index is -1.58. The van der Waals surface area contributed by atoms with Crippen molar-refractivity contribution in [2.45, 2.75) is 63.9 Å². The first-order valence-corrected chi connectivity index (χ1v) is 9.53. The summed E-state index contributed by atoms with van der Waals surface area (Å²) in [5.41, 5.74) is 0. The quantitative estimate of drug-likeness (QED) is 0.142. The summed E-state index contributed by atoms with van der Waals surface area (Å²) in [5, 5.41) is 40.4. The maximum absolute atomic E-state index is 11.7. The maximum Gasteiger partial charge on any atom is 0.370 e. The highest BCUT2D eigenvalue weighted by molar-refractivity contribution is 7.80. The van der Waals surface area contributed by atoms with Gasteiger partial charge in [0.25, 0.3) is 0 Å². The largest absolute Gasteiger partial charge is 0.478 e. The molecule has 0 aromatic heterocycles. The molecule has 0 aromatic rings. The van der Waals surface area contributed by atoms with Crippen molar-refractivity contribution in [1.29, 1.82) is 5.41 Å². The van der Waals surface area contributed by atoms with Gasteiger partial charge in [-0.05, 0) is 19.4 Å². The number of ether oxygens (including phenoxy) is 2. The van der Waals surface area contributed by atoms with Gasteiger partial charge in [-0.3, -0.25) is 4.79 Å². The third kappa shape index (κ3) is 7.17. The van der Waals surface area contributed by atoms with Crippen LogP contribution in [0.1, 0.15) is 39.5 Å². The monoisotopic (exact) mass is 416 g/mol. The number of carboxylic acids is 1. The van der Waals surface area contributed by atoms with Crippen LogP contribution in [0.4, 0.5) is 0 Å². The Morgan fingerprint density at radius 2 is 2.11 bits per heavy atom.